The number of rotatable bonds is 2. The van der Waals surface area contributed by atoms with Gasteiger partial charge >= 0.3 is 0 Å². The lowest BCUT2D eigenvalue weighted by molar-refractivity contribution is 0.584. The second-order valence-corrected chi connectivity index (χ2v) is 3.28. The van der Waals surface area contributed by atoms with E-state index < -0.39 is 0 Å². The predicted molar refractivity (Wildman–Crippen MR) is 46.0 cm³/mol. The lowest BCUT2D eigenvalue weighted by atomic mass is 9.99. The van der Waals surface area contributed by atoms with Crippen molar-refractivity contribution in [1.82, 2.24) is 0 Å². The second kappa shape index (κ2) is 3.23. The van der Waals surface area contributed by atoms with Crippen LogP contribution in [0.1, 0.15) is 46.5 Å². The SMILES string of the molecule is CCC1=C(C)C(CC)CC1. The third kappa shape index (κ3) is 1.25. The van der Waals surface area contributed by atoms with Crippen LogP contribution in [-0.4, -0.2) is 0 Å². The molecule has 0 saturated carbocycles. The maximum Gasteiger partial charge on any atom is -0.0203 e. The molecule has 0 heteroatoms. The first-order valence-electron chi connectivity index (χ1n) is 4.48. The van der Waals surface area contributed by atoms with Gasteiger partial charge in [0.1, 0.15) is 0 Å². The highest BCUT2D eigenvalue weighted by molar-refractivity contribution is 5.20. The lowest BCUT2D eigenvalue weighted by Crippen LogP contribution is -1.92. The van der Waals surface area contributed by atoms with Gasteiger partial charge in [0.05, 0.1) is 0 Å². The molecule has 0 saturated heterocycles. The maximum atomic E-state index is 2.32. The molecule has 1 aliphatic rings. The Morgan fingerprint density at radius 3 is 2.40 bits per heavy atom. The summed E-state index contributed by atoms with van der Waals surface area (Å²) in [7, 11) is 0. The fourth-order valence-corrected chi connectivity index (χ4v) is 2.02. The van der Waals surface area contributed by atoms with Gasteiger partial charge < -0.3 is 0 Å². The molecule has 0 bridgehead atoms. The standard InChI is InChI=1S/C10H18/c1-4-9-6-7-10(5-2)8(9)3/h9H,4-7H2,1-3H3. The fourth-order valence-electron chi connectivity index (χ4n) is 2.02. The van der Waals surface area contributed by atoms with E-state index in [2.05, 4.69) is 20.8 Å². The van der Waals surface area contributed by atoms with Crippen molar-refractivity contribution in [1.29, 1.82) is 0 Å². The van der Waals surface area contributed by atoms with Crippen LogP contribution in [0, 0.1) is 5.92 Å². The number of hydrogen-bond donors (Lipinski definition) is 0. The summed E-state index contributed by atoms with van der Waals surface area (Å²) < 4.78 is 0. The number of allylic oxidation sites excluding steroid dienone is 2. The second-order valence-electron chi connectivity index (χ2n) is 3.28. The van der Waals surface area contributed by atoms with Crippen LogP contribution < -0.4 is 0 Å². The molecule has 10 heavy (non-hydrogen) atoms. The van der Waals surface area contributed by atoms with Crippen molar-refractivity contribution in [3.63, 3.8) is 0 Å². The minimum Gasteiger partial charge on any atom is -0.0713 e. The van der Waals surface area contributed by atoms with E-state index in [1.54, 1.807) is 11.1 Å². The molecule has 0 spiro atoms. The van der Waals surface area contributed by atoms with Gasteiger partial charge in [-0.3, -0.25) is 0 Å². The van der Waals surface area contributed by atoms with Crippen molar-refractivity contribution in [2.24, 2.45) is 5.92 Å². The largest absolute Gasteiger partial charge is 0.0713 e. The molecule has 0 heterocycles. The van der Waals surface area contributed by atoms with E-state index in [1.807, 2.05) is 0 Å². The normalized spacial score (nSPS) is 26.1. The molecule has 0 aliphatic heterocycles. The molecule has 0 fully saturated rings. The molecular formula is C10H18. The van der Waals surface area contributed by atoms with E-state index in [4.69, 9.17) is 0 Å². The van der Waals surface area contributed by atoms with Crippen LogP contribution in [0.2, 0.25) is 0 Å². The lowest BCUT2D eigenvalue weighted by Gasteiger charge is -2.06. The molecule has 0 amide bonds. The van der Waals surface area contributed by atoms with E-state index in [-0.39, 0.29) is 0 Å². The quantitative estimate of drug-likeness (QED) is 0.512. The molecule has 58 valence electrons. The van der Waals surface area contributed by atoms with Gasteiger partial charge in [-0.15, -0.1) is 0 Å². The molecule has 1 aliphatic carbocycles. The Balaban J connectivity index is 2.63. The van der Waals surface area contributed by atoms with Crippen LogP contribution in [0.4, 0.5) is 0 Å². The van der Waals surface area contributed by atoms with E-state index in [9.17, 15) is 0 Å². The summed E-state index contributed by atoms with van der Waals surface area (Å²) >= 11 is 0. The summed E-state index contributed by atoms with van der Waals surface area (Å²) in [5.74, 6) is 0.926. The van der Waals surface area contributed by atoms with Crippen LogP contribution >= 0.6 is 0 Å². The van der Waals surface area contributed by atoms with Gasteiger partial charge in [0.15, 0.2) is 0 Å². The Bertz CT molecular complexity index is 142. The molecule has 0 N–H and O–H groups in total. The Hall–Kier alpha value is -0.260. The highest BCUT2D eigenvalue weighted by Gasteiger charge is 2.18. The van der Waals surface area contributed by atoms with Gasteiger partial charge in [0.25, 0.3) is 0 Å². The topological polar surface area (TPSA) is 0 Å². The first-order chi connectivity index (χ1) is 4.79. The zero-order chi connectivity index (χ0) is 7.56. The van der Waals surface area contributed by atoms with E-state index in [0.717, 1.165) is 5.92 Å². The van der Waals surface area contributed by atoms with E-state index in [0.29, 0.717) is 0 Å². The van der Waals surface area contributed by atoms with Crippen molar-refractivity contribution >= 4 is 0 Å². The maximum absolute atomic E-state index is 2.32. The summed E-state index contributed by atoms with van der Waals surface area (Å²) in [5.41, 5.74) is 3.43. The average molecular weight is 138 g/mol. The zero-order valence-electron chi connectivity index (χ0n) is 7.41. The molecule has 1 atom stereocenters. The molecular weight excluding hydrogens is 120 g/mol. The van der Waals surface area contributed by atoms with Crippen LogP contribution in [-0.2, 0) is 0 Å². The van der Waals surface area contributed by atoms with Crippen molar-refractivity contribution in [3.8, 4) is 0 Å². The van der Waals surface area contributed by atoms with Gasteiger partial charge in [0.2, 0.25) is 0 Å². The molecule has 1 rings (SSSR count). The van der Waals surface area contributed by atoms with Gasteiger partial charge in [-0.2, -0.15) is 0 Å². The van der Waals surface area contributed by atoms with Gasteiger partial charge in [0, 0.05) is 0 Å². The first kappa shape index (κ1) is 7.84. The third-order valence-electron chi connectivity index (χ3n) is 2.88. The first-order valence-corrected chi connectivity index (χ1v) is 4.48. The monoisotopic (exact) mass is 138 g/mol. The minimum atomic E-state index is 0.926. The van der Waals surface area contributed by atoms with Crippen LogP contribution in [0.15, 0.2) is 11.1 Å². The zero-order valence-corrected chi connectivity index (χ0v) is 7.41. The smallest absolute Gasteiger partial charge is 0.0203 e. The fraction of sp³-hybridized carbons (Fsp3) is 0.800. The highest BCUT2D eigenvalue weighted by Crippen LogP contribution is 2.34. The van der Waals surface area contributed by atoms with Crippen LogP contribution in [0.25, 0.3) is 0 Å². The Morgan fingerprint density at radius 1 is 1.40 bits per heavy atom. The summed E-state index contributed by atoms with van der Waals surface area (Å²) in [6, 6.07) is 0. The molecule has 0 nitrogen and oxygen atoms in total. The van der Waals surface area contributed by atoms with Gasteiger partial charge in [-0.25, -0.2) is 0 Å². The Morgan fingerprint density at radius 2 is 2.10 bits per heavy atom. The van der Waals surface area contributed by atoms with Crippen molar-refractivity contribution in [2.75, 3.05) is 0 Å². The predicted octanol–water partition coefficient (Wildman–Crippen LogP) is 3.53. The minimum absolute atomic E-state index is 0.926. The van der Waals surface area contributed by atoms with Crippen molar-refractivity contribution in [3.05, 3.63) is 11.1 Å². The van der Waals surface area contributed by atoms with Gasteiger partial charge in [-0.1, -0.05) is 25.0 Å². The third-order valence-corrected chi connectivity index (χ3v) is 2.88. The Labute approximate surface area is 64.3 Å². The number of hydrogen-bond acceptors (Lipinski definition) is 0. The summed E-state index contributed by atoms with van der Waals surface area (Å²) in [6.45, 7) is 6.89. The summed E-state index contributed by atoms with van der Waals surface area (Å²) in [5, 5.41) is 0. The van der Waals surface area contributed by atoms with E-state index in [1.165, 1.54) is 25.7 Å². The van der Waals surface area contributed by atoms with E-state index >= 15 is 0 Å². The van der Waals surface area contributed by atoms with Crippen LogP contribution in [0.3, 0.4) is 0 Å². The van der Waals surface area contributed by atoms with Crippen molar-refractivity contribution in [2.45, 2.75) is 46.5 Å². The summed E-state index contributed by atoms with van der Waals surface area (Å²) in [4.78, 5) is 0. The molecule has 1 unspecified atom stereocenters. The summed E-state index contributed by atoms with van der Waals surface area (Å²) in [6.07, 6.45) is 5.42. The average Bonchev–Trinajstić information content (AvgIpc) is 2.30. The van der Waals surface area contributed by atoms with Crippen molar-refractivity contribution < 1.29 is 0 Å². The Kier molecular flexibility index (Phi) is 2.53. The molecule has 0 aromatic rings. The molecule has 0 aromatic carbocycles. The van der Waals surface area contributed by atoms with Gasteiger partial charge in [-0.05, 0) is 38.5 Å². The molecule has 0 aromatic heterocycles. The molecule has 0 radical (unpaired) electrons. The highest BCUT2D eigenvalue weighted by atomic mass is 14.2. The van der Waals surface area contributed by atoms with Crippen LogP contribution in [0.5, 0.6) is 0 Å².